The van der Waals surface area contributed by atoms with E-state index < -0.39 is 5.97 Å². The molecule has 0 unspecified atom stereocenters. The second-order valence-electron chi connectivity index (χ2n) is 10.5. The van der Waals surface area contributed by atoms with Crippen LogP contribution in [0.5, 0.6) is 0 Å². The number of carbonyl (C=O) groups excluding carboxylic acids is 2. The summed E-state index contributed by atoms with van der Waals surface area (Å²) in [5.74, 6) is -1.77. The number of hydroxylamine groups is 1. The average molecular weight is 586 g/mol. The minimum absolute atomic E-state index is 0.129. The fourth-order valence-electron chi connectivity index (χ4n) is 5.27. The fourth-order valence-corrected chi connectivity index (χ4v) is 5.27. The van der Waals surface area contributed by atoms with Gasteiger partial charge in [-0.1, -0.05) is 30.3 Å². The number of fused-ring (bicyclic) bond motifs is 1. The fraction of sp³-hybridized carbons (Fsp3) is 0.281. The van der Waals surface area contributed by atoms with Crippen LogP contribution in [0.25, 0.3) is 11.3 Å². The number of hydrogen-bond donors (Lipinski definition) is 5. The summed E-state index contributed by atoms with van der Waals surface area (Å²) in [5, 5.41) is 24.7. The van der Waals surface area contributed by atoms with E-state index in [1.165, 1.54) is 6.07 Å². The zero-order valence-corrected chi connectivity index (χ0v) is 23.9. The summed E-state index contributed by atoms with van der Waals surface area (Å²) in [5.41, 5.74) is 7.01. The van der Waals surface area contributed by atoms with Crippen molar-refractivity contribution < 1.29 is 29.4 Å². The highest BCUT2D eigenvalue weighted by atomic mass is 16.7. The summed E-state index contributed by atoms with van der Waals surface area (Å²) < 4.78 is 0. The molecule has 2 aliphatic heterocycles. The molecule has 11 heteroatoms. The molecule has 3 aromatic rings. The molecule has 2 amide bonds. The van der Waals surface area contributed by atoms with Crippen molar-refractivity contribution in [3.8, 4) is 0 Å². The van der Waals surface area contributed by atoms with Gasteiger partial charge in [-0.15, -0.1) is 0 Å². The highest BCUT2D eigenvalue weighted by Gasteiger charge is 2.30. The molecule has 224 valence electrons. The Morgan fingerprint density at radius 2 is 1.60 bits per heavy atom. The highest BCUT2D eigenvalue weighted by Crippen LogP contribution is 2.39. The third-order valence-corrected chi connectivity index (χ3v) is 7.62. The van der Waals surface area contributed by atoms with Crippen molar-refractivity contribution >= 4 is 40.4 Å². The van der Waals surface area contributed by atoms with Gasteiger partial charge in [-0.3, -0.25) is 24.2 Å². The molecule has 1 fully saturated rings. The quantitative estimate of drug-likeness (QED) is 0.130. The van der Waals surface area contributed by atoms with Crippen LogP contribution < -0.4 is 16.1 Å². The van der Waals surface area contributed by atoms with E-state index in [4.69, 9.17) is 9.94 Å². The number of benzene rings is 3. The molecule has 3 aromatic carbocycles. The zero-order valence-electron chi connectivity index (χ0n) is 23.9. The maximum Gasteiger partial charge on any atom is 0.336 e. The first kappa shape index (κ1) is 29.9. The van der Waals surface area contributed by atoms with Crippen LogP contribution in [0.2, 0.25) is 0 Å². The van der Waals surface area contributed by atoms with Crippen molar-refractivity contribution in [2.45, 2.75) is 6.92 Å². The number of piperazine rings is 1. The third kappa shape index (κ3) is 7.09. The van der Waals surface area contributed by atoms with Gasteiger partial charge < -0.3 is 20.8 Å². The topological polar surface area (TPSA) is 143 Å². The number of carbonyl (C=O) groups is 3. The number of carboxylic acids is 1. The number of nitrogens with zero attached hydrogens (tertiary/aromatic N) is 2. The second kappa shape index (κ2) is 13.6. The first-order chi connectivity index (χ1) is 20.8. The van der Waals surface area contributed by atoms with E-state index in [2.05, 4.69) is 25.9 Å². The lowest BCUT2D eigenvalue weighted by Crippen LogP contribution is -2.48. The van der Waals surface area contributed by atoms with Crippen LogP contribution in [-0.2, 0) is 9.63 Å². The largest absolute Gasteiger partial charge is 0.478 e. The number of aromatic carboxylic acids is 1. The van der Waals surface area contributed by atoms with E-state index in [0.717, 1.165) is 31.7 Å². The summed E-state index contributed by atoms with van der Waals surface area (Å²) in [4.78, 5) is 47.4. The lowest BCUT2D eigenvalue weighted by Gasteiger charge is -2.34. The van der Waals surface area contributed by atoms with Crippen LogP contribution in [0.1, 0.15) is 37.4 Å². The molecule has 0 radical (unpaired) electrons. The summed E-state index contributed by atoms with van der Waals surface area (Å²) >= 11 is 0. The normalized spacial score (nSPS) is 16.4. The highest BCUT2D eigenvalue weighted by molar-refractivity contribution is 6.37. The van der Waals surface area contributed by atoms with Crippen LogP contribution in [0, 0.1) is 6.92 Å². The zero-order chi connectivity index (χ0) is 30.3. The molecule has 1 saturated heterocycles. The predicted octanol–water partition coefficient (Wildman–Crippen LogP) is 2.90. The van der Waals surface area contributed by atoms with Gasteiger partial charge in [0.15, 0.2) is 0 Å². The predicted molar refractivity (Wildman–Crippen MR) is 163 cm³/mol. The standard InChI is InChI=1S/C32H35N5O6/c1-21-19-26-27(20-25(21)32(41)42)34-31(40)28(26)29(22-5-3-2-4-6-22)33-24-9-7-23(8-10-24)30(39)35-43-18-16-37-13-11-36(12-14-37)15-17-38/h2-10,19-20,33,38H,11-18H2,1H3,(H,34,40)(H,35,39)(H,41,42). The van der Waals surface area contributed by atoms with E-state index in [0.29, 0.717) is 59.0 Å². The Morgan fingerprint density at radius 1 is 0.930 bits per heavy atom. The maximum atomic E-state index is 13.2. The summed E-state index contributed by atoms with van der Waals surface area (Å²) in [6.45, 7) is 7.20. The van der Waals surface area contributed by atoms with Crippen LogP contribution in [0.4, 0.5) is 11.4 Å². The van der Waals surface area contributed by atoms with Crippen LogP contribution in [0.3, 0.4) is 0 Å². The number of β-amino-alcohol motifs (C(OH)–C–C–N with tert-alkyl or cyclic N) is 1. The van der Waals surface area contributed by atoms with Crippen molar-refractivity contribution in [3.05, 3.63) is 94.5 Å². The number of amides is 2. The molecule has 43 heavy (non-hydrogen) atoms. The van der Waals surface area contributed by atoms with E-state index in [1.54, 1.807) is 37.3 Å². The Bertz CT molecular complexity index is 1520. The number of nitrogens with one attached hydrogen (secondary N) is 3. The molecule has 0 atom stereocenters. The molecule has 0 aromatic heterocycles. The molecule has 0 saturated carbocycles. The molecule has 0 aliphatic carbocycles. The maximum absolute atomic E-state index is 13.2. The van der Waals surface area contributed by atoms with Gasteiger partial charge in [-0.2, -0.15) is 0 Å². The second-order valence-corrected chi connectivity index (χ2v) is 10.5. The third-order valence-electron chi connectivity index (χ3n) is 7.62. The Labute approximate surface area is 249 Å². The van der Waals surface area contributed by atoms with E-state index in [-0.39, 0.29) is 24.0 Å². The summed E-state index contributed by atoms with van der Waals surface area (Å²) in [7, 11) is 0. The average Bonchev–Trinajstić information content (AvgIpc) is 3.33. The number of carboxylic acid groups (broad SMARTS) is 1. The van der Waals surface area contributed by atoms with Crippen molar-refractivity contribution in [2.24, 2.45) is 0 Å². The number of aliphatic hydroxyl groups excluding tert-OH is 1. The SMILES string of the molecule is Cc1cc2c(cc1C(=O)O)NC(=O)C2=C(Nc1ccc(C(=O)NOCCN2CCN(CCO)CC2)cc1)c1ccccc1. The molecule has 0 spiro atoms. The number of anilines is 2. The number of aliphatic hydroxyl groups is 1. The Kier molecular flexibility index (Phi) is 9.48. The van der Waals surface area contributed by atoms with Crippen molar-refractivity contribution in [1.82, 2.24) is 15.3 Å². The van der Waals surface area contributed by atoms with Crippen molar-refractivity contribution in [2.75, 3.05) is 63.1 Å². The van der Waals surface area contributed by atoms with E-state index in [1.807, 2.05) is 30.3 Å². The lowest BCUT2D eigenvalue weighted by molar-refractivity contribution is -0.110. The lowest BCUT2D eigenvalue weighted by atomic mass is 9.96. The minimum Gasteiger partial charge on any atom is -0.478 e. The van der Waals surface area contributed by atoms with Gasteiger partial charge >= 0.3 is 5.97 Å². The van der Waals surface area contributed by atoms with E-state index >= 15 is 0 Å². The van der Waals surface area contributed by atoms with Gasteiger partial charge in [0, 0.05) is 56.1 Å². The molecular weight excluding hydrogens is 550 g/mol. The first-order valence-electron chi connectivity index (χ1n) is 14.2. The van der Waals surface area contributed by atoms with E-state index in [9.17, 15) is 19.5 Å². The summed E-state index contributed by atoms with van der Waals surface area (Å²) in [6.07, 6.45) is 0. The smallest absolute Gasteiger partial charge is 0.336 e. The molecule has 5 N–H and O–H groups in total. The van der Waals surface area contributed by atoms with Crippen LogP contribution in [0.15, 0.2) is 66.7 Å². The number of hydrogen-bond acceptors (Lipinski definition) is 8. The van der Waals surface area contributed by atoms with Gasteiger partial charge in [0.05, 0.1) is 35.7 Å². The van der Waals surface area contributed by atoms with Gasteiger partial charge in [-0.05, 0) is 54.4 Å². The van der Waals surface area contributed by atoms with Gasteiger partial charge in [-0.25, -0.2) is 10.3 Å². The van der Waals surface area contributed by atoms with Crippen LogP contribution >= 0.6 is 0 Å². The Hall–Kier alpha value is -4.55. The minimum atomic E-state index is -1.06. The van der Waals surface area contributed by atoms with Gasteiger partial charge in [0.1, 0.15) is 0 Å². The Morgan fingerprint density at radius 3 is 2.26 bits per heavy atom. The van der Waals surface area contributed by atoms with Gasteiger partial charge in [0.25, 0.3) is 11.8 Å². The number of rotatable bonds is 11. The van der Waals surface area contributed by atoms with Crippen LogP contribution in [-0.4, -0.2) is 90.3 Å². The molecule has 2 heterocycles. The molecular formula is C32H35N5O6. The molecule has 11 nitrogen and oxygen atoms in total. The van der Waals surface area contributed by atoms with Crippen molar-refractivity contribution in [1.29, 1.82) is 0 Å². The molecule has 0 bridgehead atoms. The summed E-state index contributed by atoms with van der Waals surface area (Å²) in [6, 6.07) is 19.4. The first-order valence-corrected chi connectivity index (χ1v) is 14.2. The monoisotopic (exact) mass is 585 g/mol. The molecule has 2 aliphatic rings. The van der Waals surface area contributed by atoms with Gasteiger partial charge in [0.2, 0.25) is 0 Å². The van der Waals surface area contributed by atoms with Crippen molar-refractivity contribution in [3.63, 3.8) is 0 Å². The number of aryl methyl sites for hydroxylation is 1. The Balaban J connectivity index is 1.26. The molecule has 5 rings (SSSR count).